The van der Waals surface area contributed by atoms with Crippen molar-refractivity contribution in [1.29, 1.82) is 0 Å². The molecule has 1 atom stereocenters. The molecular formula is C21H22O4. The lowest BCUT2D eigenvalue weighted by atomic mass is 9.89. The second-order valence-electron chi connectivity index (χ2n) is 6.54. The molecule has 0 aromatic heterocycles. The van der Waals surface area contributed by atoms with E-state index in [1.54, 1.807) is 38.1 Å². The number of rotatable bonds is 7. The third-order valence-electron chi connectivity index (χ3n) is 4.15. The van der Waals surface area contributed by atoms with Crippen molar-refractivity contribution in [2.45, 2.75) is 27.2 Å². The van der Waals surface area contributed by atoms with Gasteiger partial charge in [0, 0.05) is 23.0 Å². The highest BCUT2D eigenvalue weighted by molar-refractivity contribution is 6.06. The highest BCUT2D eigenvalue weighted by atomic mass is 16.4. The number of aromatic carboxylic acids is 1. The Morgan fingerprint density at radius 2 is 1.52 bits per heavy atom. The molecule has 0 aliphatic heterocycles. The van der Waals surface area contributed by atoms with Crippen LogP contribution in [0.1, 0.15) is 57.4 Å². The van der Waals surface area contributed by atoms with Crippen LogP contribution >= 0.6 is 0 Å². The van der Waals surface area contributed by atoms with E-state index in [-0.39, 0.29) is 34.5 Å². The first-order valence-corrected chi connectivity index (χ1v) is 8.31. The van der Waals surface area contributed by atoms with Crippen LogP contribution < -0.4 is 0 Å². The van der Waals surface area contributed by atoms with Crippen LogP contribution in [0.3, 0.4) is 0 Å². The second-order valence-corrected chi connectivity index (χ2v) is 6.54. The number of carboxylic acid groups (broad SMARTS) is 1. The first-order valence-electron chi connectivity index (χ1n) is 8.31. The molecule has 0 fully saturated rings. The third kappa shape index (κ3) is 4.41. The molecule has 0 spiro atoms. The van der Waals surface area contributed by atoms with E-state index in [1.165, 1.54) is 6.07 Å². The van der Waals surface area contributed by atoms with Crippen LogP contribution in [0.2, 0.25) is 0 Å². The van der Waals surface area contributed by atoms with Gasteiger partial charge in [-0.1, -0.05) is 63.2 Å². The largest absolute Gasteiger partial charge is 0.478 e. The van der Waals surface area contributed by atoms with Gasteiger partial charge in [-0.25, -0.2) is 4.79 Å². The Bertz CT molecular complexity index is 791. The molecular weight excluding hydrogens is 316 g/mol. The van der Waals surface area contributed by atoms with Gasteiger partial charge in [-0.2, -0.15) is 0 Å². The fourth-order valence-corrected chi connectivity index (χ4v) is 2.75. The zero-order chi connectivity index (χ0) is 18.6. The van der Waals surface area contributed by atoms with Gasteiger partial charge in [0.1, 0.15) is 0 Å². The van der Waals surface area contributed by atoms with Crippen LogP contribution in [0.15, 0.2) is 48.5 Å². The van der Waals surface area contributed by atoms with Crippen LogP contribution in [0, 0.1) is 11.8 Å². The monoisotopic (exact) mass is 338 g/mol. The topological polar surface area (TPSA) is 71.4 Å². The summed E-state index contributed by atoms with van der Waals surface area (Å²) >= 11 is 0. The van der Waals surface area contributed by atoms with Crippen molar-refractivity contribution in [3.63, 3.8) is 0 Å². The predicted molar refractivity (Wildman–Crippen MR) is 96.2 cm³/mol. The van der Waals surface area contributed by atoms with E-state index in [0.29, 0.717) is 12.0 Å². The van der Waals surface area contributed by atoms with Crippen molar-refractivity contribution >= 4 is 17.5 Å². The maximum absolute atomic E-state index is 12.5. The van der Waals surface area contributed by atoms with E-state index < -0.39 is 5.97 Å². The predicted octanol–water partition coefficient (Wildman–Crippen LogP) is 4.29. The van der Waals surface area contributed by atoms with Crippen molar-refractivity contribution in [3.8, 4) is 0 Å². The molecule has 2 aromatic carbocycles. The average Bonchev–Trinajstić information content (AvgIpc) is 2.60. The van der Waals surface area contributed by atoms with E-state index in [2.05, 4.69) is 0 Å². The molecule has 0 aliphatic rings. The van der Waals surface area contributed by atoms with Crippen molar-refractivity contribution in [2.24, 2.45) is 11.8 Å². The molecule has 2 aromatic rings. The van der Waals surface area contributed by atoms with Gasteiger partial charge in [0.15, 0.2) is 11.6 Å². The molecule has 0 aliphatic carbocycles. The molecule has 2 rings (SSSR count). The van der Waals surface area contributed by atoms with Gasteiger partial charge >= 0.3 is 5.97 Å². The zero-order valence-corrected chi connectivity index (χ0v) is 14.7. The van der Waals surface area contributed by atoms with E-state index >= 15 is 0 Å². The van der Waals surface area contributed by atoms with E-state index in [4.69, 9.17) is 0 Å². The summed E-state index contributed by atoms with van der Waals surface area (Å²) in [6, 6.07) is 13.8. The third-order valence-corrected chi connectivity index (χ3v) is 4.15. The number of hydrogen-bond acceptors (Lipinski definition) is 3. The second kappa shape index (κ2) is 7.88. The summed E-state index contributed by atoms with van der Waals surface area (Å²) in [7, 11) is 0. The van der Waals surface area contributed by atoms with Crippen molar-refractivity contribution in [1.82, 2.24) is 0 Å². The summed E-state index contributed by atoms with van der Waals surface area (Å²) in [6.07, 6.45) is 0.421. The Morgan fingerprint density at radius 3 is 2.08 bits per heavy atom. The van der Waals surface area contributed by atoms with Gasteiger partial charge < -0.3 is 5.11 Å². The minimum absolute atomic E-state index is 0.00411. The van der Waals surface area contributed by atoms with E-state index in [0.717, 1.165) is 5.56 Å². The first-order chi connectivity index (χ1) is 11.8. The van der Waals surface area contributed by atoms with Crippen LogP contribution in [0.4, 0.5) is 0 Å². The molecule has 0 bridgehead atoms. The van der Waals surface area contributed by atoms with Gasteiger partial charge in [0.2, 0.25) is 0 Å². The Hall–Kier alpha value is -2.75. The summed E-state index contributed by atoms with van der Waals surface area (Å²) in [5.41, 5.74) is 1.58. The van der Waals surface area contributed by atoms with Gasteiger partial charge in [0.05, 0.1) is 5.56 Å². The normalized spacial score (nSPS) is 12.0. The number of benzene rings is 2. The fraction of sp³-hybridized carbons (Fsp3) is 0.286. The highest BCUT2D eigenvalue weighted by Crippen LogP contribution is 2.20. The number of carboxylic acids is 1. The van der Waals surface area contributed by atoms with E-state index in [1.807, 2.05) is 25.1 Å². The molecule has 0 radical (unpaired) electrons. The summed E-state index contributed by atoms with van der Waals surface area (Å²) in [5.74, 6) is -1.87. The Morgan fingerprint density at radius 1 is 0.880 bits per heavy atom. The highest BCUT2D eigenvalue weighted by Gasteiger charge is 2.21. The smallest absolute Gasteiger partial charge is 0.336 e. The van der Waals surface area contributed by atoms with Crippen LogP contribution in [-0.4, -0.2) is 22.6 Å². The van der Waals surface area contributed by atoms with Gasteiger partial charge in [0.25, 0.3) is 0 Å². The number of carbonyl (C=O) groups excluding carboxylic acids is 2. The lowest BCUT2D eigenvalue weighted by Crippen LogP contribution is -2.16. The summed E-state index contributed by atoms with van der Waals surface area (Å²) in [5, 5.41) is 9.42. The molecule has 1 unspecified atom stereocenters. The van der Waals surface area contributed by atoms with Gasteiger partial charge in [-0.05, 0) is 18.1 Å². The Labute approximate surface area is 147 Å². The zero-order valence-electron chi connectivity index (χ0n) is 14.7. The minimum atomic E-state index is -1.13. The molecule has 25 heavy (non-hydrogen) atoms. The number of hydrogen-bond donors (Lipinski definition) is 1. The summed E-state index contributed by atoms with van der Waals surface area (Å²) in [6.45, 7) is 5.30. The summed E-state index contributed by atoms with van der Waals surface area (Å²) < 4.78 is 0. The Kier molecular flexibility index (Phi) is 5.86. The number of Topliss-reactive ketones (excluding diaryl/α,β-unsaturated/α-hetero) is 2. The SMILES string of the molecule is CC(C)C(=O)c1ccc(CC(C)C(=O)c2ccccc2)cc1C(=O)O. The molecule has 0 amide bonds. The van der Waals surface area contributed by atoms with Crippen molar-refractivity contribution in [3.05, 3.63) is 70.8 Å². The van der Waals surface area contributed by atoms with Gasteiger partial charge in [-0.3, -0.25) is 9.59 Å². The fourth-order valence-electron chi connectivity index (χ4n) is 2.75. The van der Waals surface area contributed by atoms with Crippen LogP contribution in [0.5, 0.6) is 0 Å². The average molecular weight is 338 g/mol. The minimum Gasteiger partial charge on any atom is -0.478 e. The lowest BCUT2D eigenvalue weighted by Gasteiger charge is -2.13. The van der Waals surface area contributed by atoms with Crippen molar-refractivity contribution in [2.75, 3.05) is 0 Å². The van der Waals surface area contributed by atoms with Crippen molar-refractivity contribution < 1.29 is 19.5 Å². The van der Waals surface area contributed by atoms with E-state index in [9.17, 15) is 19.5 Å². The molecule has 130 valence electrons. The molecule has 0 heterocycles. The number of ketones is 2. The Balaban J connectivity index is 2.25. The van der Waals surface area contributed by atoms with Gasteiger partial charge in [-0.15, -0.1) is 0 Å². The standard InChI is InChI=1S/C21H22O4/c1-13(2)19(22)17-10-9-15(12-18(17)21(24)25)11-14(3)20(23)16-7-5-4-6-8-16/h4-10,12-14H,11H2,1-3H3,(H,24,25). The maximum Gasteiger partial charge on any atom is 0.336 e. The maximum atomic E-state index is 12.5. The molecule has 0 saturated carbocycles. The first kappa shape index (κ1) is 18.6. The number of carbonyl (C=O) groups is 3. The van der Waals surface area contributed by atoms with Crippen LogP contribution in [-0.2, 0) is 6.42 Å². The van der Waals surface area contributed by atoms with Crippen LogP contribution in [0.25, 0.3) is 0 Å². The quantitative estimate of drug-likeness (QED) is 0.765. The lowest BCUT2D eigenvalue weighted by molar-refractivity contribution is 0.0690. The molecule has 1 N–H and O–H groups in total. The molecule has 0 saturated heterocycles. The molecule has 4 heteroatoms. The summed E-state index contributed by atoms with van der Waals surface area (Å²) in [4.78, 5) is 36.2. The molecule has 4 nitrogen and oxygen atoms in total.